The lowest BCUT2D eigenvalue weighted by Gasteiger charge is -2.35. The molecule has 0 spiro atoms. The lowest BCUT2D eigenvalue weighted by molar-refractivity contribution is -0.0282. The average Bonchev–Trinajstić information content (AvgIpc) is 2.75. The highest BCUT2D eigenvalue weighted by Gasteiger charge is 2.41. The lowest BCUT2D eigenvalue weighted by Crippen LogP contribution is -2.28. The van der Waals surface area contributed by atoms with Gasteiger partial charge in [-0.2, -0.15) is 24.2 Å². The van der Waals surface area contributed by atoms with E-state index in [-0.39, 0.29) is 23.3 Å². The van der Waals surface area contributed by atoms with Crippen molar-refractivity contribution < 1.29 is 8.78 Å². The molecule has 0 bridgehead atoms. The number of alkyl halides is 2. The molecule has 1 N–H and O–H groups in total. The molecule has 0 aromatic carbocycles. The molecule has 3 nitrogen and oxygen atoms in total. The van der Waals surface area contributed by atoms with Crippen LogP contribution in [0.5, 0.6) is 0 Å². The van der Waals surface area contributed by atoms with Crippen LogP contribution >= 0.6 is 0 Å². The number of aryl methyl sites for hydroxylation is 1. The van der Waals surface area contributed by atoms with Gasteiger partial charge >= 0.3 is 0 Å². The van der Waals surface area contributed by atoms with Crippen molar-refractivity contribution in [2.24, 2.45) is 5.92 Å². The van der Waals surface area contributed by atoms with Crippen LogP contribution in [-0.2, 0) is 12.3 Å². The number of nitrogens with one attached hydrogen (secondary N) is 1. The van der Waals surface area contributed by atoms with Crippen molar-refractivity contribution in [3.05, 3.63) is 11.4 Å². The third-order valence-corrected chi connectivity index (χ3v) is 4.30. The Balaban J connectivity index is 2.24. The van der Waals surface area contributed by atoms with Crippen molar-refractivity contribution >= 4 is 7.28 Å². The Morgan fingerprint density at radius 1 is 1.33 bits per heavy atom. The molecule has 18 heavy (non-hydrogen) atoms. The summed E-state index contributed by atoms with van der Waals surface area (Å²) in [6.45, 7) is 6.22. The van der Waals surface area contributed by atoms with E-state index in [1.165, 1.54) is 0 Å². The molecule has 0 aliphatic heterocycles. The minimum atomic E-state index is -2.86. The van der Waals surface area contributed by atoms with Crippen LogP contribution in [0, 0.1) is 5.92 Å². The van der Waals surface area contributed by atoms with E-state index in [2.05, 4.69) is 36.5 Å². The fourth-order valence-electron chi connectivity index (χ4n) is 2.63. The molecule has 1 aromatic rings. The smallest absolute Gasteiger partial charge is 0.199 e. The molecule has 6 heteroatoms. The van der Waals surface area contributed by atoms with Crippen LogP contribution in [0.1, 0.15) is 44.5 Å². The summed E-state index contributed by atoms with van der Waals surface area (Å²) in [5.41, 5.74) is 0.274. The number of rotatable bonds is 2. The number of nitrogens with zero attached hydrogens (tertiary/aromatic N) is 2. The molecule has 1 heterocycles. The zero-order valence-corrected chi connectivity index (χ0v) is 11.1. The van der Waals surface area contributed by atoms with E-state index in [1.54, 1.807) is 0 Å². The molecule has 0 amide bonds. The first-order valence-corrected chi connectivity index (χ1v) is 6.45. The Morgan fingerprint density at radius 2 is 2.06 bits per heavy atom. The molecule has 1 aliphatic rings. The van der Waals surface area contributed by atoms with Gasteiger partial charge < -0.3 is 0 Å². The molecule has 0 saturated heterocycles. The summed E-state index contributed by atoms with van der Waals surface area (Å²) >= 11 is 0. The van der Waals surface area contributed by atoms with Gasteiger partial charge in [-0.3, -0.25) is 0 Å². The fraction of sp³-hybridized carbons (Fsp3) is 0.833. The first-order chi connectivity index (χ1) is 8.37. The van der Waals surface area contributed by atoms with E-state index >= 15 is 0 Å². The number of hydrogen-bond acceptors (Lipinski definition) is 2. The summed E-state index contributed by atoms with van der Waals surface area (Å²) in [5.74, 6) is -2.59. The van der Waals surface area contributed by atoms with Crippen LogP contribution in [0.2, 0.25) is 12.1 Å². The van der Waals surface area contributed by atoms with Crippen molar-refractivity contribution in [1.82, 2.24) is 15.4 Å². The number of halogens is 2. The second-order valence-corrected chi connectivity index (χ2v) is 5.71. The lowest BCUT2D eigenvalue weighted by atomic mass is 9.49. The summed E-state index contributed by atoms with van der Waals surface area (Å²) in [5, 5.41) is 9.81. The van der Waals surface area contributed by atoms with Gasteiger partial charge in [-0.25, -0.2) is 0 Å². The topological polar surface area (TPSA) is 41.6 Å². The summed E-state index contributed by atoms with van der Waals surface area (Å²) in [6, 6.07) is 0. The summed E-state index contributed by atoms with van der Waals surface area (Å²) in [7, 11) is 2.11. The number of hydrogen-bond donors (Lipinski definition) is 1. The van der Waals surface area contributed by atoms with Crippen LogP contribution in [0.15, 0.2) is 0 Å². The third kappa shape index (κ3) is 2.42. The number of fused-ring (bicyclic) bond motifs is 1. The third-order valence-electron chi connectivity index (χ3n) is 4.30. The van der Waals surface area contributed by atoms with E-state index in [1.807, 2.05) is 6.82 Å². The normalized spacial score (nSPS) is 23.9. The van der Waals surface area contributed by atoms with Gasteiger partial charge in [0.25, 0.3) is 5.92 Å². The predicted molar refractivity (Wildman–Crippen MR) is 67.0 cm³/mol. The van der Waals surface area contributed by atoms with Crippen LogP contribution in [0.3, 0.4) is 0 Å². The van der Waals surface area contributed by atoms with Gasteiger partial charge in [-0.15, -0.1) is 0 Å². The molecule has 0 saturated carbocycles. The minimum Gasteiger partial charge on any atom is -0.199 e. The van der Waals surface area contributed by atoms with Crippen molar-refractivity contribution in [2.75, 3.05) is 0 Å². The molecule has 1 unspecified atom stereocenters. The summed E-state index contributed by atoms with van der Waals surface area (Å²) < 4.78 is 28.0. The first-order valence-electron chi connectivity index (χ1n) is 6.45. The molecule has 1 atom stereocenters. The Kier molecular flexibility index (Phi) is 3.47. The number of aromatic amines is 1. The highest BCUT2D eigenvalue weighted by atomic mass is 19.3. The van der Waals surface area contributed by atoms with Gasteiger partial charge in [0.05, 0.1) is 5.69 Å². The number of H-pyrrole nitrogens is 1. The van der Waals surface area contributed by atoms with Gasteiger partial charge in [0, 0.05) is 6.42 Å². The summed E-state index contributed by atoms with van der Waals surface area (Å²) in [6.07, 6.45) is 1.83. The molecule has 1 aliphatic carbocycles. The van der Waals surface area contributed by atoms with E-state index in [9.17, 15) is 8.78 Å². The van der Waals surface area contributed by atoms with Crippen LogP contribution in [0.4, 0.5) is 8.78 Å². The van der Waals surface area contributed by atoms with Crippen LogP contribution in [0.25, 0.3) is 0 Å². The molecular formula is C12H19BF2N3. The van der Waals surface area contributed by atoms with Crippen molar-refractivity contribution in [3.8, 4) is 0 Å². The fourth-order valence-corrected chi connectivity index (χ4v) is 2.63. The van der Waals surface area contributed by atoms with Crippen LogP contribution < -0.4 is 0 Å². The van der Waals surface area contributed by atoms with E-state index in [4.69, 9.17) is 0 Å². The predicted octanol–water partition coefficient (Wildman–Crippen LogP) is 3.19. The quantitative estimate of drug-likeness (QED) is 0.823. The number of aromatic nitrogens is 3. The molecule has 2 rings (SSSR count). The maximum Gasteiger partial charge on any atom is 0.293 e. The Bertz CT molecular complexity index is 417. The van der Waals surface area contributed by atoms with Gasteiger partial charge in [0.1, 0.15) is 7.28 Å². The Morgan fingerprint density at radius 3 is 2.72 bits per heavy atom. The highest BCUT2D eigenvalue weighted by molar-refractivity contribution is 6.38. The zero-order chi connectivity index (χ0) is 13.4. The zero-order valence-electron chi connectivity index (χ0n) is 11.1. The largest absolute Gasteiger partial charge is 0.293 e. The Hall–Kier alpha value is -0.935. The maximum atomic E-state index is 14.0. The molecule has 1 aromatic heterocycles. The van der Waals surface area contributed by atoms with Crippen molar-refractivity contribution in [2.45, 2.75) is 57.6 Å². The van der Waals surface area contributed by atoms with Gasteiger partial charge in [0.15, 0.2) is 5.69 Å². The monoisotopic (exact) mass is 254 g/mol. The first kappa shape index (κ1) is 13.5. The van der Waals surface area contributed by atoms with Gasteiger partial charge in [0.2, 0.25) is 0 Å². The molecular weight excluding hydrogens is 235 g/mol. The van der Waals surface area contributed by atoms with E-state index < -0.39 is 5.92 Å². The van der Waals surface area contributed by atoms with Crippen LogP contribution in [-0.4, -0.2) is 22.7 Å². The maximum absolute atomic E-state index is 14.0. The highest BCUT2D eigenvalue weighted by Crippen LogP contribution is 2.45. The standard InChI is InChI=1S/C12H19BF2N3/c1-11(2,13-3)8-4-5-9-10(17-18-16-9)12(14,15)7-6-8/h8H,4-7H2,1-3H3,(H,16,17,18). The van der Waals surface area contributed by atoms with Crippen molar-refractivity contribution in [1.29, 1.82) is 0 Å². The second kappa shape index (κ2) is 4.63. The molecule has 99 valence electrons. The average molecular weight is 254 g/mol. The Labute approximate surface area is 107 Å². The summed E-state index contributed by atoms with van der Waals surface area (Å²) in [4.78, 5) is 0. The molecule has 0 fully saturated rings. The molecule has 1 radical (unpaired) electrons. The van der Waals surface area contributed by atoms with Gasteiger partial charge in [-0.05, 0) is 25.2 Å². The minimum absolute atomic E-state index is 0.0165. The van der Waals surface area contributed by atoms with Crippen molar-refractivity contribution in [3.63, 3.8) is 0 Å². The van der Waals surface area contributed by atoms with E-state index in [0.717, 1.165) is 6.42 Å². The van der Waals surface area contributed by atoms with E-state index in [0.29, 0.717) is 18.5 Å². The van der Waals surface area contributed by atoms with Gasteiger partial charge in [-0.1, -0.05) is 26.0 Å². The second-order valence-electron chi connectivity index (χ2n) is 5.71. The SMILES string of the molecule is C[B]C(C)(C)C1CCc2n[nH]nc2C(F)(F)CC1.